The molecule has 0 atom stereocenters. The average Bonchev–Trinajstić information content (AvgIpc) is 3.14. The van der Waals surface area contributed by atoms with E-state index in [1.54, 1.807) is 30.6 Å². The molecular formula is C22H23Cl2N3O2S2. The zero-order valence-electron chi connectivity index (χ0n) is 17.2. The largest absolute Gasteiger partial charge is 0.496 e. The van der Waals surface area contributed by atoms with E-state index in [1.807, 2.05) is 19.1 Å². The van der Waals surface area contributed by atoms with Gasteiger partial charge in [-0.05, 0) is 67.6 Å². The summed E-state index contributed by atoms with van der Waals surface area (Å²) in [5.74, 6) is 0.771. The number of thiazole rings is 1. The summed E-state index contributed by atoms with van der Waals surface area (Å²) in [6, 6.07) is 12.0. The molecule has 0 unspecified atom stereocenters. The third-order valence-corrected chi connectivity index (χ3v) is 7.61. The topological polar surface area (TPSA) is 55.4 Å². The molecule has 5 nitrogen and oxygen atoms in total. The zero-order chi connectivity index (χ0) is 21.8. The fourth-order valence-electron chi connectivity index (χ4n) is 3.34. The van der Waals surface area contributed by atoms with Crippen LogP contribution in [0, 0.1) is 6.92 Å². The highest BCUT2D eigenvalue weighted by molar-refractivity contribution is 8.00. The van der Waals surface area contributed by atoms with Crippen LogP contribution in [0.2, 0.25) is 10.0 Å². The normalized spacial score (nSPS) is 14.5. The quantitative estimate of drug-likeness (QED) is 0.339. The maximum absolute atomic E-state index is 6.29. The Bertz CT molecular complexity index is 1030. The van der Waals surface area contributed by atoms with Gasteiger partial charge in [0.05, 0.1) is 38.3 Å². The number of nitrogens with one attached hydrogen (secondary N) is 2. The molecule has 2 aromatic carbocycles. The van der Waals surface area contributed by atoms with Gasteiger partial charge in [-0.15, -0.1) is 0 Å². The van der Waals surface area contributed by atoms with Gasteiger partial charge in [0.15, 0.2) is 5.13 Å². The summed E-state index contributed by atoms with van der Waals surface area (Å²) < 4.78 is 14.3. The van der Waals surface area contributed by atoms with Gasteiger partial charge in [0.25, 0.3) is 0 Å². The van der Waals surface area contributed by atoms with Crippen molar-refractivity contribution < 1.29 is 9.47 Å². The van der Waals surface area contributed by atoms with Crippen LogP contribution >= 0.6 is 46.5 Å². The molecule has 0 bridgehead atoms. The van der Waals surface area contributed by atoms with Gasteiger partial charge in [-0.25, -0.2) is 4.98 Å². The number of anilines is 2. The number of benzene rings is 2. The van der Waals surface area contributed by atoms with E-state index in [0.29, 0.717) is 21.8 Å². The molecule has 31 heavy (non-hydrogen) atoms. The smallest absolute Gasteiger partial charge is 0.183 e. The molecule has 0 radical (unpaired) electrons. The lowest BCUT2D eigenvalue weighted by atomic mass is 10.1. The van der Waals surface area contributed by atoms with E-state index in [9.17, 15) is 0 Å². The maximum Gasteiger partial charge on any atom is 0.183 e. The van der Waals surface area contributed by atoms with Crippen molar-refractivity contribution in [3.63, 3.8) is 0 Å². The monoisotopic (exact) mass is 495 g/mol. The minimum atomic E-state index is 0.415. The van der Waals surface area contributed by atoms with Crippen molar-refractivity contribution >= 4 is 57.3 Å². The number of aryl methyl sites for hydroxylation is 1. The van der Waals surface area contributed by atoms with E-state index < -0.39 is 0 Å². The van der Waals surface area contributed by atoms with Crippen molar-refractivity contribution in [1.82, 2.24) is 4.98 Å². The molecule has 4 rings (SSSR count). The molecule has 0 spiro atoms. The van der Waals surface area contributed by atoms with E-state index in [-0.39, 0.29) is 0 Å². The van der Waals surface area contributed by atoms with Gasteiger partial charge in [0.1, 0.15) is 5.75 Å². The zero-order valence-corrected chi connectivity index (χ0v) is 20.4. The first-order valence-corrected chi connectivity index (χ1v) is 12.3. The molecule has 0 saturated carbocycles. The van der Waals surface area contributed by atoms with E-state index >= 15 is 0 Å². The minimum Gasteiger partial charge on any atom is -0.496 e. The van der Waals surface area contributed by atoms with E-state index in [0.717, 1.165) is 58.0 Å². The van der Waals surface area contributed by atoms with Crippen molar-refractivity contribution in [2.75, 3.05) is 30.4 Å². The standard InChI is InChI=1S/C22H23Cl2N3O2S2/c1-13-21(30-22(25-13)26-15-8-10-29-11-9-15)14-6-7-18(28-2)19(12-14)31-27-20-16(23)4-3-5-17(20)24/h3-7,12,15,27H,8-11H2,1-2H3,(H,25,26). The molecule has 1 fully saturated rings. The van der Waals surface area contributed by atoms with Crippen LogP contribution in [0.25, 0.3) is 10.4 Å². The van der Waals surface area contributed by atoms with Crippen LogP contribution in [0.4, 0.5) is 10.8 Å². The molecule has 1 saturated heterocycles. The molecule has 3 aromatic rings. The van der Waals surface area contributed by atoms with Crippen LogP contribution in [-0.4, -0.2) is 31.3 Å². The third-order valence-electron chi connectivity index (χ3n) is 5.00. The highest BCUT2D eigenvalue weighted by Gasteiger charge is 2.18. The highest BCUT2D eigenvalue weighted by Crippen LogP contribution is 2.40. The first-order chi connectivity index (χ1) is 15.0. The summed E-state index contributed by atoms with van der Waals surface area (Å²) in [7, 11) is 1.66. The van der Waals surface area contributed by atoms with Crippen molar-refractivity contribution in [2.45, 2.75) is 30.7 Å². The summed E-state index contributed by atoms with van der Waals surface area (Å²) in [5.41, 5.74) is 2.77. The fourth-order valence-corrected chi connectivity index (χ4v) is 5.86. The van der Waals surface area contributed by atoms with Gasteiger partial charge in [0, 0.05) is 19.3 Å². The minimum absolute atomic E-state index is 0.415. The van der Waals surface area contributed by atoms with Crippen LogP contribution in [0.3, 0.4) is 0 Å². The second-order valence-corrected chi connectivity index (χ2v) is 9.79. The van der Waals surface area contributed by atoms with Crippen LogP contribution < -0.4 is 14.8 Å². The van der Waals surface area contributed by atoms with Crippen LogP contribution in [0.1, 0.15) is 18.5 Å². The van der Waals surface area contributed by atoms with Gasteiger partial charge in [-0.3, -0.25) is 0 Å². The predicted molar refractivity (Wildman–Crippen MR) is 132 cm³/mol. The number of aromatic nitrogens is 1. The average molecular weight is 496 g/mol. The second kappa shape index (κ2) is 10.3. The number of hydrogen-bond donors (Lipinski definition) is 2. The SMILES string of the molecule is COc1ccc(-c2sc(NC3CCOCC3)nc2C)cc1SNc1c(Cl)cccc1Cl. The van der Waals surface area contributed by atoms with Gasteiger partial charge in [-0.2, -0.15) is 0 Å². The molecule has 0 amide bonds. The molecule has 164 valence electrons. The Morgan fingerprint density at radius 1 is 1.16 bits per heavy atom. The lowest BCUT2D eigenvalue weighted by Crippen LogP contribution is -2.27. The molecule has 9 heteroatoms. The van der Waals surface area contributed by atoms with Gasteiger partial charge in [0.2, 0.25) is 0 Å². The Labute approximate surface area is 200 Å². The first kappa shape index (κ1) is 22.6. The molecule has 2 heterocycles. The summed E-state index contributed by atoms with van der Waals surface area (Å²) in [6.45, 7) is 3.65. The van der Waals surface area contributed by atoms with Crippen LogP contribution in [-0.2, 0) is 4.74 Å². The number of hydrogen-bond acceptors (Lipinski definition) is 7. The Morgan fingerprint density at radius 2 is 1.90 bits per heavy atom. The summed E-state index contributed by atoms with van der Waals surface area (Å²) >= 11 is 15.7. The number of para-hydroxylation sites is 1. The van der Waals surface area contributed by atoms with Crippen molar-refractivity contribution in [3.05, 3.63) is 52.1 Å². The number of rotatable bonds is 7. The van der Waals surface area contributed by atoms with E-state index in [1.165, 1.54) is 11.9 Å². The summed E-state index contributed by atoms with van der Waals surface area (Å²) in [5, 5.41) is 5.65. The predicted octanol–water partition coefficient (Wildman–Crippen LogP) is 7.14. The van der Waals surface area contributed by atoms with Crippen molar-refractivity contribution in [3.8, 4) is 16.2 Å². The van der Waals surface area contributed by atoms with Crippen LogP contribution in [0.15, 0.2) is 41.3 Å². The molecular weight excluding hydrogens is 473 g/mol. The van der Waals surface area contributed by atoms with Crippen molar-refractivity contribution in [2.24, 2.45) is 0 Å². The number of ether oxygens (including phenoxy) is 2. The lowest BCUT2D eigenvalue weighted by Gasteiger charge is -2.22. The van der Waals surface area contributed by atoms with Crippen molar-refractivity contribution in [1.29, 1.82) is 0 Å². The molecule has 1 aliphatic rings. The first-order valence-electron chi connectivity index (χ1n) is 9.92. The highest BCUT2D eigenvalue weighted by atomic mass is 35.5. The van der Waals surface area contributed by atoms with E-state index in [2.05, 4.69) is 22.2 Å². The Balaban J connectivity index is 1.55. The van der Waals surface area contributed by atoms with Gasteiger partial charge in [-0.1, -0.05) is 40.6 Å². The third kappa shape index (κ3) is 5.41. The number of nitrogens with zero attached hydrogens (tertiary/aromatic N) is 1. The van der Waals surface area contributed by atoms with Crippen LogP contribution in [0.5, 0.6) is 5.75 Å². The lowest BCUT2D eigenvalue weighted by molar-refractivity contribution is 0.0904. The maximum atomic E-state index is 6.29. The molecule has 1 aliphatic heterocycles. The number of halogens is 2. The summed E-state index contributed by atoms with van der Waals surface area (Å²) in [6.07, 6.45) is 2.01. The molecule has 0 aliphatic carbocycles. The summed E-state index contributed by atoms with van der Waals surface area (Å²) in [4.78, 5) is 6.82. The Hall–Kier alpha value is -1.64. The molecule has 2 N–H and O–H groups in total. The molecule has 1 aromatic heterocycles. The Kier molecular flexibility index (Phi) is 7.51. The van der Waals surface area contributed by atoms with E-state index in [4.69, 9.17) is 37.7 Å². The fraction of sp³-hybridized carbons (Fsp3) is 0.318. The second-order valence-electron chi connectivity index (χ2n) is 7.13. The Morgan fingerprint density at radius 3 is 2.61 bits per heavy atom. The number of methoxy groups -OCH3 is 1. The van der Waals surface area contributed by atoms with Gasteiger partial charge < -0.3 is 19.5 Å². The van der Waals surface area contributed by atoms with Gasteiger partial charge >= 0.3 is 0 Å².